The van der Waals surface area contributed by atoms with Crippen molar-refractivity contribution in [2.75, 3.05) is 45.2 Å². The van der Waals surface area contributed by atoms with Crippen LogP contribution in [0.5, 0.6) is 6.01 Å². The maximum atomic E-state index is 5.44. The molecule has 0 saturated carbocycles. The summed E-state index contributed by atoms with van der Waals surface area (Å²) in [5.74, 6) is 1.06. The summed E-state index contributed by atoms with van der Waals surface area (Å²) in [5, 5.41) is 2.68. The van der Waals surface area contributed by atoms with Crippen molar-refractivity contribution in [3.8, 4) is 6.01 Å². The third-order valence-electron chi connectivity index (χ3n) is 6.38. The second kappa shape index (κ2) is 7.85. The molecule has 156 valence electrons. The van der Waals surface area contributed by atoms with Crippen LogP contribution in [0.4, 0.5) is 5.82 Å². The van der Waals surface area contributed by atoms with Crippen molar-refractivity contribution in [3.63, 3.8) is 0 Å². The number of methoxy groups -OCH3 is 1. The van der Waals surface area contributed by atoms with E-state index in [-0.39, 0.29) is 0 Å². The normalized spacial score (nSPS) is 17.5. The monoisotopic (exact) mass is 403 g/mol. The molecular formula is C24H29N5O. The SMILES string of the molecule is COc1nc2c(c(N3CCN(C)CC3)n1)CN(Cc1cccc3cccc(C)c13)C2. The fraction of sp³-hybridized carbons (Fsp3) is 0.417. The van der Waals surface area contributed by atoms with Crippen LogP contribution in [-0.2, 0) is 19.6 Å². The summed E-state index contributed by atoms with van der Waals surface area (Å²) in [6.45, 7) is 8.91. The van der Waals surface area contributed by atoms with Crippen LogP contribution in [0.1, 0.15) is 22.4 Å². The summed E-state index contributed by atoms with van der Waals surface area (Å²) in [6, 6.07) is 13.6. The summed E-state index contributed by atoms with van der Waals surface area (Å²) >= 11 is 0. The number of hydrogen-bond acceptors (Lipinski definition) is 6. The molecule has 3 aromatic rings. The number of anilines is 1. The Morgan fingerprint density at radius 3 is 2.50 bits per heavy atom. The minimum absolute atomic E-state index is 0.477. The Labute approximate surface area is 178 Å². The predicted molar refractivity (Wildman–Crippen MR) is 120 cm³/mol. The summed E-state index contributed by atoms with van der Waals surface area (Å²) in [5.41, 5.74) is 5.07. The van der Waals surface area contributed by atoms with E-state index in [4.69, 9.17) is 14.7 Å². The molecule has 2 aliphatic rings. The van der Waals surface area contributed by atoms with E-state index in [1.54, 1.807) is 7.11 Å². The second-order valence-electron chi connectivity index (χ2n) is 8.48. The first kappa shape index (κ1) is 19.3. The Morgan fingerprint density at radius 2 is 1.73 bits per heavy atom. The largest absolute Gasteiger partial charge is 0.467 e. The van der Waals surface area contributed by atoms with Crippen LogP contribution in [0, 0.1) is 6.92 Å². The molecule has 0 bridgehead atoms. The van der Waals surface area contributed by atoms with E-state index in [2.05, 4.69) is 65.1 Å². The molecule has 6 heteroatoms. The Balaban J connectivity index is 1.44. The molecule has 0 N–H and O–H groups in total. The van der Waals surface area contributed by atoms with Crippen molar-refractivity contribution >= 4 is 16.6 Å². The Morgan fingerprint density at radius 1 is 0.967 bits per heavy atom. The van der Waals surface area contributed by atoms with E-state index in [0.29, 0.717) is 6.01 Å². The first-order chi connectivity index (χ1) is 14.6. The molecule has 0 unspecified atom stereocenters. The van der Waals surface area contributed by atoms with E-state index >= 15 is 0 Å². The van der Waals surface area contributed by atoms with Gasteiger partial charge in [-0.25, -0.2) is 0 Å². The summed E-state index contributed by atoms with van der Waals surface area (Å²) in [7, 11) is 3.83. The first-order valence-electron chi connectivity index (χ1n) is 10.7. The van der Waals surface area contributed by atoms with Crippen molar-refractivity contribution in [1.29, 1.82) is 0 Å². The molecule has 1 saturated heterocycles. The zero-order valence-corrected chi connectivity index (χ0v) is 18.1. The van der Waals surface area contributed by atoms with Gasteiger partial charge in [0, 0.05) is 51.4 Å². The number of aryl methyl sites for hydroxylation is 1. The van der Waals surface area contributed by atoms with Gasteiger partial charge in [0.2, 0.25) is 0 Å². The van der Waals surface area contributed by atoms with Crippen LogP contribution in [-0.4, -0.2) is 60.1 Å². The van der Waals surface area contributed by atoms with E-state index in [1.165, 1.54) is 27.5 Å². The molecule has 5 rings (SSSR count). The van der Waals surface area contributed by atoms with Crippen molar-refractivity contribution in [2.45, 2.75) is 26.6 Å². The minimum Gasteiger partial charge on any atom is -0.467 e. The lowest BCUT2D eigenvalue weighted by molar-refractivity contribution is 0.274. The molecular weight excluding hydrogens is 374 g/mol. The Kier molecular flexibility index (Phi) is 5.05. The van der Waals surface area contributed by atoms with Gasteiger partial charge < -0.3 is 14.5 Å². The standard InChI is InChI=1S/C24H29N5O/c1-17-6-4-7-18-8-5-9-19(22(17)18)14-28-15-20-21(16-28)25-24(30-3)26-23(20)29-12-10-27(2)11-13-29/h4-9H,10-16H2,1-3H3. The highest BCUT2D eigenvalue weighted by atomic mass is 16.5. The third kappa shape index (κ3) is 3.50. The fourth-order valence-corrected chi connectivity index (χ4v) is 4.75. The highest BCUT2D eigenvalue weighted by Gasteiger charge is 2.29. The minimum atomic E-state index is 0.477. The molecule has 3 heterocycles. The molecule has 2 aliphatic heterocycles. The lowest BCUT2D eigenvalue weighted by Gasteiger charge is -2.34. The van der Waals surface area contributed by atoms with Gasteiger partial charge >= 0.3 is 6.01 Å². The number of likely N-dealkylation sites (N-methyl/N-ethyl adjacent to an activating group) is 1. The van der Waals surface area contributed by atoms with E-state index in [1.807, 2.05) is 0 Å². The van der Waals surface area contributed by atoms with Gasteiger partial charge in [-0.1, -0.05) is 36.4 Å². The number of benzene rings is 2. The molecule has 0 atom stereocenters. The highest BCUT2D eigenvalue weighted by Crippen LogP contribution is 2.33. The summed E-state index contributed by atoms with van der Waals surface area (Å²) in [4.78, 5) is 16.7. The molecule has 30 heavy (non-hydrogen) atoms. The number of ether oxygens (including phenoxy) is 1. The third-order valence-corrected chi connectivity index (χ3v) is 6.38. The van der Waals surface area contributed by atoms with E-state index < -0.39 is 0 Å². The molecule has 0 radical (unpaired) electrons. The second-order valence-corrected chi connectivity index (χ2v) is 8.48. The number of fused-ring (bicyclic) bond motifs is 2. The summed E-state index contributed by atoms with van der Waals surface area (Å²) in [6.07, 6.45) is 0. The lowest BCUT2D eigenvalue weighted by Crippen LogP contribution is -2.45. The summed E-state index contributed by atoms with van der Waals surface area (Å²) < 4.78 is 5.44. The van der Waals surface area contributed by atoms with Crippen molar-refractivity contribution in [2.24, 2.45) is 0 Å². The quantitative estimate of drug-likeness (QED) is 0.667. The number of aromatic nitrogens is 2. The van der Waals surface area contributed by atoms with Crippen molar-refractivity contribution in [3.05, 3.63) is 58.8 Å². The first-order valence-corrected chi connectivity index (χ1v) is 10.7. The Bertz CT molecular complexity index is 1070. The zero-order chi connectivity index (χ0) is 20.7. The average Bonchev–Trinajstić information content (AvgIpc) is 3.16. The van der Waals surface area contributed by atoms with Crippen molar-refractivity contribution < 1.29 is 4.74 Å². The van der Waals surface area contributed by atoms with Crippen LogP contribution in [0.2, 0.25) is 0 Å². The lowest BCUT2D eigenvalue weighted by atomic mass is 10.00. The molecule has 1 aromatic heterocycles. The molecule has 0 amide bonds. The number of nitrogens with zero attached hydrogens (tertiary/aromatic N) is 5. The van der Waals surface area contributed by atoms with Crippen LogP contribution >= 0.6 is 0 Å². The van der Waals surface area contributed by atoms with Gasteiger partial charge in [-0.3, -0.25) is 4.90 Å². The van der Waals surface area contributed by atoms with Crippen LogP contribution < -0.4 is 9.64 Å². The van der Waals surface area contributed by atoms with E-state index in [9.17, 15) is 0 Å². The topological polar surface area (TPSA) is 44.7 Å². The fourth-order valence-electron chi connectivity index (χ4n) is 4.75. The highest BCUT2D eigenvalue weighted by molar-refractivity contribution is 5.88. The van der Waals surface area contributed by atoms with Crippen LogP contribution in [0.25, 0.3) is 10.8 Å². The maximum Gasteiger partial charge on any atom is 0.318 e. The predicted octanol–water partition coefficient (Wildman–Crippen LogP) is 3.21. The molecule has 0 aliphatic carbocycles. The smallest absolute Gasteiger partial charge is 0.318 e. The van der Waals surface area contributed by atoms with Crippen molar-refractivity contribution in [1.82, 2.24) is 19.8 Å². The number of rotatable bonds is 4. The van der Waals surface area contributed by atoms with Gasteiger partial charge in [0.1, 0.15) is 5.82 Å². The van der Waals surface area contributed by atoms with E-state index in [0.717, 1.165) is 57.3 Å². The molecule has 0 spiro atoms. The van der Waals surface area contributed by atoms with Gasteiger partial charge in [0.15, 0.2) is 0 Å². The Hall–Kier alpha value is -2.70. The molecule has 1 fully saturated rings. The van der Waals surface area contributed by atoms with Gasteiger partial charge in [0.05, 0.1) is 12.8 Å². The van der Waals surface area contributed by atoms with Gasteiger partial charge in [-0.15, -0.1) is 0 Å². The zero-order valence-electron chi connectivity index (χ0n) is 18.1. The average molecular weight is 404 g/mol. The van der Waals surface area contributed by atoms with Crippen LogP contribution in [0.3, 0.4) is 0 Å². The maximum absolute atomic E-state index is 5.44. The van der Waals surface area contributed by atoms with Gasteiger partial charge in [-0.05, 0) is 35.9 Å². The van der Waals surface area contributed by atoms with Gasteiger partial charge in [0.25, 0.3) is 0 Å². The number of hydrogen-bond donors (Lipinski definition) is 0. The number of piperazine rings is 1. The molecule has 6 nitrogen and oxygen atoms in total. The van der Waals surface area contributed by atoms with Crippen LogP contribution in [0.15, 0.2) is 36.4 Å². The molecule has 2 aromatic carbocycles. The van der Waals surface area contributed by atoms with Gasteiger partial charge in [-0.2, -0.15) is 9.97 Å².